The van der Waals surface area contributed by atoms with Crippen molar-refractivity contribution in [2.45, 2.75) is 12.8 Å². The predicted molar refractivity (Wildman–Crippen MR) is 99.1 cm³/mol. The molecule has 0 fully saturated rings. The van der Waals surface area contributed by atoms with Gasteiger partial charge in [0.25, 0.3) is 5.56 Å². The Morgan fingerprint density at radius 1 is 1.19 bits per heavy atom. The molecule has 3 aromatic rings. The molecule has 3 N–H and O–H groups in total. The van der Waals surface area contributed by atoms with Gasteiger partial charge >= 0.3 is 5.69 Å². The molecule has 2 aromatic heterocycles. The summed E-state index contributed by atoms with van der Waals surface area (Å²) in [4.78, 5) is 25.4. The summed E-state index contributed by atoms with van der Waals surface area (Å²) in [6.07, 6.45) is 0. The van der Waals surface area contributed by atoms with Crippen LogP contribution in [0.15, 0.2) is 27.8 Å². The average Bonchev–Trinajstić information content (AvgIpc) is 3.04. The van der Waals surface area contributed by atoms with Crippen molar-refractivity contribution in [2.75, 3.05) is 12.4 Å². The van der Waals surface area contributed by atoms with E-state index in [1.54, 1.807) is 19.2 Å². The molecule has 0 unspecified atom stereocenters. The molecule has 0 saturated carbocycles. The average molecular weight is 369 g/mol. The lowest BCUT2D eigenvalue weighted by molar-refractivity contribution is 0.373. The van der Waals surface area contributed by atoms with E-state index in [0.29, 0.717) is 22.9 Å². The summed E-state index contributed by atoms with van der Waals surface area (Å²) < 4.78 is 7.72. The van der Waals surface area contributed by atoms with E-state index in [0.717, 1.165) is 21.4 Å². The van der Waals surface area contributed by atoms with Crippen molar-refractivity contribution in [1.29, 1.82) is 0 Å². The zero-order valence-electron chi connectivity index (χ0n) is 15.3. The van der Waals surface area contributed by atoms with Crippen LogP contribution in [0.3, 0.4) is 0 Å². The number of aryl methyl sites for hydroxylation is 1. The van der Waals surface area contributed by atoms with E-state index in [1.165, 1.54) is 24.8 Å². The maximum atomic E-state index is 13.0. The number of phenolic OH excluding ortho intramolecular Hbond substituents is 1. The van der Waals surface area contributed by atoms with E-state index >= 15 is 0 Å². The van der Waals surface area contributed by atoms with Gasteiger partial charge in [-0.2, -0.15) is 5.10 Å². The lowest BCUT2D eigenvalue weighted by Crippen LogP contribution is -2.42. The van der Waals surface area contributed by atoms with Crippen LogP contribution in [0.25, 0.3) is 0 Å². The molecule has 3 heterocycles. The molecule has 9 nitrogen and oxygen atoms in total. The Balaban J connectivity index is 2.10. The van der Waals surface area contributed by atoms with Crippen LogP contribution >= 0.6 is 0 Å². The number of nitrogens with one attached hydrogen (secondary N) is 2. The first kappa shape index (κ1) is 17.0. The number of phenols is 1. The Morgan fingerprint density at radius 3 is 2.63 bits per heavy atom. The fourth-order valence-corrected chi connectivity index (χ4v) is 3.63. The lowest BCUT2D eigenvalue weighted by atomic mass is 9.83. The molecular weight excluding hydrogens is 350 g/mol. The number of aromatic nitrogens is 4. The quantitative estimate of drug-likeness (QED) is 0.487. The zero-order valence-corrected chi connectivity index (χ0v) is 15.3. The standard InChI is InChI=1S/C18H19N5O4/c1-8-12-13(9-5-6-10(24)11(7-9)27-4)14-16(19-15(12)21-20-8)22(2)18(26)23(3)17(14)25/h5-7,13,24H,1-4H3,(H2,19,20,21)/t13-/m1/s1. The highest BCUT2D eigenvalue weighted by atomic mass is 16.5. The fraction of sp³-hybridized carbons (Fsp3) is 0.278. The van der Waals surface area contributed by atoms with Crippen LogP contribution in [0, 0.1) is 6.92 Å². The maximum absolute atomic E-state index is 13.0. The van der Waals surface area contributed by atoms with Gasteiger partial charge in [0.15, 0.2) is 17.3 Å². The molecule has 0 amide bonds. The van der Waals surface area contributed by atoms with Gasteiger partial charge in [-0.15, -0.1) is 0 Å². The van der Waals surface area contributed by atoms with Crippen LogP contribution in [0.1, 0.15) is 28.3 Å². The first-order valence-corrected chi connectivity index (χ1v) is 8.33. The second-order valence-corrected chi connectivity index (χ2v) is 6.57. The SMILES string of the molecule is COc1cc([C@@H]2c3c(n[nH]c3C)Nc3c2c(=O)n(C)c(=O)n3C)ccc1O. The molecule has 0 radical (unpaired) electrons. The first-order valence-electron chi connectivity index (χ1n) is 8.33. The third-order valence-electron chi connectivity index (χ3n) is 5.05. The molecular formula is C18H19N5O4. The van der Waals surface area contributed by atoms with Crippen molar-refractivity contribution in [3.05, 3.63) is 61.4 Å². The number of ether oxygens (including phenoxy) is 1. The number of methoxy groups -OCH3 is 1. The molecule has 1 aliphatic heterocycles. The van der Waals surface area contributed by atoms with Crippen molar-refractivity contribution in [3.63, 3.8) is 0 Å². The smallest absolute Gasteiger partial charge is 0.332 e. The minimum Gasteiger partial charge on any atom is -0.504 e. The topological polar surface area (TPSA) is 114 Å². The number of nitrogens with zero attached hydrogens (tertiary/aromatic N) is 3. The number of hydrogen-bond acceptors (Lipinski definition) is 6. The molecule has 0 spiro atoms. The zero-order chi connectivity index (χ0) is 19.5. The number of aromatic amines is 1. The molecule has 0 aliphatic carbocycles. The summed E-state index contributed by atoms with van der Waals surface area (Å²) in [6, 6.07) is 4.95. The van der Waals surface area contributed by atoms with Crippen molar-refractivity contribution in [1.82, 2.24) is 19.3 Å². The number of benzene rings is 1. The highest BCUT2D eigenvalue weighted by Gasteiger charge is 2.35. The fourth-order valence-electron chi connectivity index (χ4n) is 3.63. The van der Waals surface area contributed by atoms with Gasteiger partial charge in [-0.1, -0.05) is 6.07 Å². The Morgan fingerprint density at radius 2 is 1.93 bits per heavy atom. The Bertz CT molecular complexity index is 1190. The minimum atomic E-state index is -0.477. The van der Waals surface area contributed by atoms with Crippen LogP contribution in [-0.4, -0.2) is 31.5 Å². The van der Waals surface area contributed by atoms with Gasteiger partial charge in [0.2, 0.25) is 0 Å². The minimum absolute atomic E-state index is 0.00733. The molecule has 140 valence electrons. The van der Waals surface area contributed by atoms with Gasteiger partial charge in [0, 0.05) is 31.3 Å². The van der Waals surface area contributed by atoms with Crippen molar-refractivity contribution in [3.8, 4) is 11.5 Å². The van der Waals surface area contributed by atoms with E-state index in [-0.39, 0.29) is 11.3 Å². The summed E-state index contributed by atoms with van der Waals surface area (Å²) in [5, 5.41) is 20.3. The highest BCUT2D eigenvalue weighted by Crippen LogP contribution is 2.44. The molecule has 27 heavy (non-hydrogen) atoms. The second kappa shape index (κ2) is 5.76. The number of anilines is 2. The van der Waals surface area contributed by atoms with E-state index in [4.69, 9.17) is 4.74 Å². The summed E-state index contributed by atoms with van der Waals surface area (Å²) in [5.74, 6) is 0.791. The number of H-pyrrole nitrogens is 1. The molecule has 9 heteroatoms. The van der Waals surface area contributed by atoms with Crippen LogP contribution < -0.4 is 21.3 Å². The number of fused-ring (bicyclic) bond motifs is 2. The summed E-state index contributed by atoms with van der Waals surface area (Å²) in [6.45, 7) is 1.87. The predicted octanol–water partition coefficient (Wildman–Crippen LogP) is 1.07. The van der Waals surface area contributed by atoms with Gasteiger partial charge in [-0.3, -0.25) is 19.0 Å². The van der Waals surface area contributed by atoms with Crippen LogP contribution in [0.4, 0.5) is 11.6 Å². The van der Waals surface area contributed by atoms with Gasteiger partial charge in [0.1, 0.15) is 5.82 Å². The number of hydrogen-bond donors (Lipinski definition) is 3. The maximum Gasteiger partial charge on any atom is 0.332 e. The Labute approximate surface area is 153 Å². The molecule has 0 bridgehead atoms. The molecule has 0 saturated heterocycles. The third kappa shape index (κ3) is 2.28. The third-order valence-corrected chi connectivity index (χ3v) is 5.05. The number of rotatable bonds is 2. The summed E-state index contributed by atoms with van der Waals surface area (Å²) >= 11 is 0. The summed E-state index contributed by atoms with van der Waals surface area (Å²) in [5.41, 5.74) is 1.98. The van der Waals surface area contributed by atoms with Gasteiger partial charge in [0.05, 0.1) is 12.7 Å². The van der Waals surface area contributed by atoms with E-state index in [2.05, 4.69) is 15.5 Å². The monoisotopic (exact) mass is 369 g/mol. The Hall–Kier alpha value is -3.49. The van der Waals surface area contributed by atoms with E-state index < -0.39 is 11.6 Å². The normalized spacial score (nSPS) is 15.0. The van der Waals surface area contributed by atoms with Crippen LogP contribution in [0.2, 0.25) is 0 Å². The highest BCUT2D eigenvalue weighted by molar-refractivity contribution is 5.72. The molecule has 1 aliphatic rings. The number of aromatic hydroxyl groups is 1. The molecule has 1 aromatic carbocycles. The van der Waals surface area contributed by atoms with Crippen molar-refractivity contribution < 1.29 is 9.84 Å². The molecule has 1 atom stereocenters. The first-order chi connectivity index (χ1) is 12.8. The Kier molecular flexibility index (Phi) is 3.62. The van der Waals surface area contributed by atoms with Crippen LogP contribution in [0.5, 0.6) is 11.5 Å². The van der Waals surface area contributed by atoms with Gasteiger partial charge in [-0.05, 0) is 24.6 Å². The van der Waals surface area contributed by atoms with Crippen molar-refractivity contribution in [2.24, 2.45) is 14.1 Å². The van der Waals surface area contributed by atoms with E-state index in [9.17, 15) is 14.7 Å². The largest absolute Gasteiger partial charge is 0.504 e. The van der Waals surface area contributed by atoms with Crippen LogP contribution in [-0.2, 0) is 14.1 Å². The lowest BCUT2D eigenvalue weighted by Gasteiger charge is -2.28. The second-order valence-electron chi connectivity index (χ2n) is 6.57. The summed E-state index contributed by atoms with van der Waals surface area (Å²) in [7, 11) is 4.52. The van der Waals surface area contributed by atoms with Gasteiger partial charge in [-0.25, -0.2) is 4.79 Å². The van der Waals surface area contributed by atoms with E-state index in [1.807, 2.05) is 6.92 Å². The van der Waals surface area contributed by atoms with Gasteiger partial charge < -0.3 is 15.2 Å². The van der Waals surface area contributed by atoms with Crippen molar-refractivity contribution >= 4 is 11.6 Å². The molecule has 4 rings (SSSR count).